The number of carbonyl (C=O) groups excluding carboxylic acids is 1. The minimum atomic E-state index is -1.13. The number of hydrogen-bond donors (Lipinski definition) is 2. The van der Waals surface area contributed by atoms with Crippen LogP contribution in [0.15, 0.2) is 40.9 Å². The van der Waals surface area contributed by atoms with Gasteiger partial charge in [-0.25, -0.2) is 4.98 Å². The highest BCUT2D eigenvalue weighted by molar-refractivity contribution is 7.10. The normalized spacial score (nSPS) is 19.6. The molecule has 2 N–H and O–H groups in total. The number of Topliss-reactive ketones (excluding diaryl/α,β-unsaturated/α-hetero) is 1. The molecule has 0 bridgehead atoms. The number of carboxylic acids is 1. The maximum Gasteiger partial charge on any atom is 0.309 e. The Bertz CT molecular complexity index is 747. The van der Waals surface area contributed by atoms with Crippen molar-refractivity contribution in [1.29, 1.82) is 0 Å². The van der Waals surface area contributed by atoms with Gasteiger partial charge in [0.15, 0.2) is 11.3 Å². The highest BCUT2D eigenvalue weighted by Crippen LogP contribution is 2.34. The van der Waals surface area contributed by atoms with E-state index in [9.17, 15) is 9.59 Å². The smallest absolute Gasteiger partial charge is 0.309 e. The molecule has 6 nitrogen and oxygen atoms in total. The van der Waals surface area contributed by atoms with E-state index in [1.54, 1.807) is 29.9 Å². The molecule has 0 amide bonds. The quantitative estimate of drug-likeness (QED) is 0.849. The van der Waals surface area contributed by atoms with Crippen LogP contribution in [0.4, 0.5) is 0 Å². The summed E-state index contributed by atoms with van der Waals surface area (Å²) in [5.74, 6) is -1.05. The van der Waals surface area contributed by atoms with E-state index < -0.39 is 11.5 Å². The lowest BCUT2D eigenvalue weighted by Gasteiger charge is -2.19. The maximum atomic E-state index is 12.7. The molecule has 0 saturated carbocycles. The lowest BCUT2D eigenvalue weighted by molar-refractivity contribution is -0.136. The standard InChI is InChI=1S/C15H13N3O3S/c19-12(7-10-3-1-5-16-10)15(4-2-6-17-15)14-18-11(9-22-14)8-13(20)21/h1-6,9,16H,7-8H2,(H,20,21). The van der Waals surface area contributed by atoms with Gasteiger partial charge in [0.2, 0.25) is 0 Å². The number of nitrogens with one attached hydrogen (secondary N) is 1. The molecule has 3 rings (SSSR count). The number of rotatable bonds is 6. The van der Waals surface area contributed by atoms with E-state index in [0.717, 1.165) is 5.69 Å². The molecule has 0 radical (unpaired) electrons. The SMILES string of the molecule is O=C(O)Cc1csc(C2(C(=O)Cc3ccc[nH]3)C=CC=N2)n1. The van der Waals surface area contributed by atoms with Crippen LogP contribution in [-0.4, -0.2) is 33.0 Å². The number of carboxylic acid groups (broad SMARTS) is 1. The zero-order chi connectivity index (χ0) is 15.6. The van der Waals surface area contributed by atoms with Crippen molar-refractivity contribution in [2.24, 2.45) is 4.99 Å². The molecule has 0 saturated heterocycles. The van der Waals surface area contributed by atoms with Crippen LogP contribution in [-0.2, 0) is 28.0 Å². The minimum absolute atomic E-state index is 0.101. The molecule has 1 unspecified atom stereocenters. The topological polar surface area (TPSA) is 95.4 Å². The van der Waals surface area contributed by atoms with Crippen LogP contribution in [0.5, 0.6) is 0 Å². The van der Waals surface area contributed by atoms with Gasteiger partial charge in [-0.05, 0) is 24.3 Å². The molecule has 0 fully saturated rings. The van der Waals surface area contributed by atoms with E-state index >= 15 is 0 Å². The first-order valence-corrected chi connectivity index (χ1v) is 7.53. The van der Waals surface area contributed by atoms with Crippen molar-refractivity contribution >= 4 is 29.3 Å². The van der Waals surface area contributed by atoms with Gasteiger partial charge in [-0.2, -0.15) is 0 Å². The second-order valence-corrected chi connectivity index (χ2v) is 5.77. The van der Waals surface area contributed by atoms with E-state index in [0.29, 0.717) is 10.7 Å². The number of aromatic nitrogens is 2. The fraction of sp³-hybridized carbons (Fsp3) is 0.200. The van der Waals surface area contributed by atoms with Gasteiger partial charge in [0, 0.05) is 29.9 Å². The van der Waals surface area contributed by atoms with Gasteiger partial charge in [-0.3, -0.25) is 14.6 Å². The second kappa shape index (κ2) is 5.69. The second-order valence-electron chi connectivity index (χ2n) is 4.91. The molecule has 0 aromatic carbocycles. The molecule has 3 heterocycles. The predicted octanol–water partition coefficient (Wildman–Crippen LogP) is 1.75. The number of nitrogens with zero attached hydrogens (tertiary/aromatic N) is 2. The van der Waals surface area contributed by atoms with Crippen LogP contribution < -0.4 is 0 Å². The molecule has 2 aromatic rings. The lowest BCUT2D eigenvalue weighted by Crippen LogP contribution is -2.32. The number of aliphatic carboxylic acids is 1. The largest absolute Gasteiger partial charge is 0.481 e. The molecular weight excluding hydrogens is 302 g/mol. The Hall–Kier alpha value is -2.54. The van der Waals surface area contributed by atoms with Crippen molar-refractivity contribution in [3.63, 3.8) is 0 Å². The number of allylic oxidation sites excluding steroid dienone is 1. The van der Waals surface area contributed by atoms with Gasteiger partial charge in [0.25, 0.3) is 0 Å². The van der Waals surface area contributed by atoms with Gasteiger partial charge in [-0.1, -0.05) is 0 Å². The van der Waals surface area contributed by atoms with E-state index in [4.69, 9.17) is 5.11 Å². The summed E-state index contributed by atoms with van der Waals surface area (Å²) in [6, 6.07) is 3.67. The Morgan fingerprint density at radius 1 is 1.36 bits per heavy atom. The fourth-order valence-electron chi connectivity index (χ4n) is 2.30. The Labute approximate surface area is 130 Å². The van der Waals surface area contributed by atoms with Crippen LogP contribution in [0, 0.1) is 0 Å². The van der Waals surface area contributed by atoms with Crippen LogP contribution in [0.3, 0.4) is 0 Å². The van der Waals surface area contributed by atoms with Crippen LogP contribution in [0.1, 0.15) is 16.4 Å². The van der Waals surface area contributed by atoms with E-state index in [-0.39, 0.29) is 18.6 Å². The molecule has 0 spiro atoms. The first-order chi connectivity index (χ1) is 10.6. The Balaban J connectivity index is 1.90. The minimum Gasteiger partial charge on any atom is -0.481 e. The highest BCUT2D eigenvalue weighted by Gasteiger charge is 2.41. The maximum absolute atomic E-state index is 12.7. The molecule has 22 heavy (non-hydrogen) atoms. The fourth-order valence-corrected chi connectivity index (χ4v) is 3.27. The number of carbonyl (C=O) groups is 2. The number of aromatic amines is 1. The third-order valence-electron chi connectivity index (χ3n) is 3.35. The van der Waals surface area contributed by atoms with E-state index in [2.05, 4.69) is 15.0 Å². The molecule has 1 aliphatic heterocycles. The summed E-state index contributed by atoms with van der Waals surface area (Å²) in [5.41, 5.74) is 0.115. The molecule has 1 atom stereocenters. The van der Waals surface area contributed by atoms with E-state index in [1.165, 1.54) is 11.3 Å². The van der Waals surface area contributed by atoms with Crippen molar-refractivity contribution in [3.8, 4) is 0 Å². The summed E-state index contributed by atoms with van der Waals surface area (Å²) < 4.78 is 0. The third-order valence-corrected chi connectivity index (χ3v) is 4.37. The molecule has 112 valence electrons. The number of H-pyrrole nitrogens is 1. The number of thiazole rings is 1. The zero-order valence-electron chi connectivity index (χ0n) is 11.5. The Kier molecular flexibility index (Phi) is 3.72. The van der Waals surface area contributed by atoms with Crippen molar-refractivity contribution in [2.75, 3.05) is 0 Å². The third kappa shape index (κ3) is 2.62. The zero-order valence-corrected chi connectivity index (χ0v) is 12.3. The predicted molar refractivity (Wildman–Crippen MR) is 82.3 cm³/mol. The van der Waals surface area contributed by atoms with Gasteiger partial charge < -0.3 is 10.1 Å². The summed E-state index contributed by atoms with van der Waals surface area (Å²) >= 11 is 1.26. The van der Waals surface area contributed by atoms with Gasteiger partial charge >= 0.3 is 5.97 Å². The van der Waals surface area contributed by atoms with Crippen molar-refractivity contribution in [3.05, 3.63) is 52.3 Å². The average molecular weight is 315 g/mol. The molecule has 1 aliphatic rings. The summed E-state index contributed by atoms with van der Waals surface area (Å²) in [7, 11) is 0. The number of hydrogen-bond acceptors (Lipinski definition) is 5. The first kappa shape index (κ1) is 14.4. The summed E-state index contributed by atoms with van der Waals surface area (Å²) in [5, 5.41) is 11.0. The van der Waals surface area contributed by atoms with Crippen LogP contribution >= 0.6 is 11.3 Å². The lowest BCUT2D eigenvalue weighted by atomic mass is 9.93. The van der Waals surface area contributed by atoms with Crippen LogP contribution in [0.2, 0.25) is 0 Å². The Morgan fingerprint density at radius 3 is 2.86 bits per heavy atom. The van der Waals surface area contributed by atoms with Gasteiger partial charge in [0.1, 0.15) is 5.01 Å². The number of ketones is 1. The first-order valence-electron chi connectivity index (χ1n) is 6.65. The van der Waals surface area contributed by atoms with Gasteiger partial charge in [0.05, 0.1) is 12.1 Å². The van der Waals surface area contributed by atoms with Gasteiger partial charge in [-0.15, -0.1) is 11.3 Å². The summed E-state index contributed by atoms with van der Waals surface area (Å²) in [6.45, 7) is 0. The molecule has 2 aromatic heterocycles. The Morgan fingerprint density at radius 2 is 2.23 bits per heavy atom. The number of aliphatic imine (C=N–C) groups is 1. The molecule has 0 aliphatic carbocycles. The van der Waals surface area contributed by atoms with Crippen LogP contribution in [0.25, 0.3) is 0 Å². The highest BCUT2D eigenvalue weighted by atomic mass is 32.1. The average Bonchev–Trinajstić information content (AvgIpc) is 3.18. The van der Waals surface area contributed by atoms with Crippen molar-refractivity contribution in [1.82, 2.24) is 9.97 Å². The summed E-state index contributed by atoms with van der Waals surface area (Å²) in [6.07, 6.45) is 6.81. The summed E-state index contributed by atoms with van der Waals surface area (Å²) in [4.78, 5) is 35.1. The van der Waals surface area contributed by atoms with Crippen molar-refractivity contribution in [2.45, 2.75) is 18.4 Å². The monoisotopic (exact) mass is 315 g/mol. The van der Waals surface area contributed by atoms with Crippen molar-refractivity contribution < 1.29 is 14.7 Å². The van der Waals surface area contributed by atoms with E-state index in [1.807, 2.05) is 12.1 Å². The molecular formula is C15H13N3O3S. The molecule has 7 heteroatoms.